The van der Waals surface area contributed by atoms with Crippen LogP contribution in [0.5, 0.6) is 0 Å². The first-order valence-corrected chi connectivity index (χ1v) is 10.0. The lowest BCUT2D eigenvalue weighted by Gasteiger charge is -2.34. The van der Waals surface area contributed by atoms with E-state index < -0.39 is 5.41 Å². The average molecular weight is 382 g/mol. The van der Waals surface area contributed by atoms with E-state index in [1.165, 1.54) is 0 Å². The van der Waals surface area contributed by atoms with Crippen LogP contribution in [0.25, 0.3) is 0 Å². The maximum Gasteiger partial charge on any atom is 0.317 e. The molecule has 2 aliphatic rings. The van der Waals surface area contributed by atoms with Gasteiger partial charge in [-0.2, -0.15) is 0 Å². The minimum absolute atomic E-state index is 0.0412. The summed E-state index contributed by atoms with van der Waals surface area (Å²) in [6, 6.07) is -0.202. The first-order valence-electron chi connectivity index (χ1n) is 10.0. The Kier molecular flexibility index (Phi) is 6.95. The summed E-state index contributed by atoms with van der Waals surface area (Å²) in [4.78, 5) is 43.1. The highest BCUT2D eigenvalue weighted by molar-refractivity contribution is 5.81. The molecule has 0 aromatic carbocycles. The van der Waals surface area contributed by atoms with E-state index in [0.29, 0.717) is 58.2 Å². The van der Waals surface area contributed by atoms with Crippen molar-refractivity contribution in [2.75, 3.05) is 45.8 Å². The van der Waals surface area contributed by atoms with Crippen LogP contribution < -0.4 is 10.6 Å². The van der Waals surface area contributed by atoms with Crippen LogP contribution in [0.4, 0.5) is 9.59 Å². The van der Waals surface area contributed by atoms with Crippen LogP contribution in [0.2, 0.25) is 0 Å². The van der Waals surface area contributed by atoms with Crippen molar-refractivity contribution in [3.63, 3.8) is 0 Å². The van der Waals surface area contributed by atoms with E-state index in [9.17, 15) is 14.4 Å². The van der Waals surface area contributed by atoms with Gasteiger partial charge in [-0.05, 0) is 26.7 Å². The molecule has 2 rings (SSSR count). The second kappa shape index (κ2) is 8.80. The third-order valence-corrected chi connectivity index (χ3v) is 5.13. The van der Waals surface area contributed by atoms with Gasteiger partial charge in [-0.25, -0.2) is 9.59 Å². The molecule has 0 saturated carbocycles. The summed E-state index contributed by atoms with van der Waals surface area (Å²) < 4.78 is 0. The monoisotopic (exact) mass is 381 g/mol. The van der Waals surface area contributed by atoms with Crippen LogP contribution in [-0.4, -0.2) is 84.5 Å². The molecule has 0 aromatic heterocycles. The lowest BCUT2D eigenvalue weighted by Crippen LogP contribution is -2.49. The van der Waals surface area contributed by atoms with Crippen LogP contribution in [0, 0.1) is 11.3 Å². The van der Waals surface area contributed by atoms with E-state index in [4.69, 9.17) is 0 Å². The molecule has 1 atom stereocenters. The van der Waals surface area contributed by atoms with Gasteiger partial charge in [0, 0.05) is 63.7 Å². The summed E-state index contributed by atoms with van der Waals surface area (Å²) in [5.74, 6) is 0.470. The fraction of sp³-hybridized carbons (Fsp3) is 0.842. The van der Waals surface area contributed by atoms with Crippen molar-refractivity contribution in [1.82, 2.24) is 25.3 Å². The van der Waals surface area contributed by atoms with E-state index in [0.717, 1.165) is 0 Å². The van der Waals surface area contributed by atoms with Crippen molar-refractivity contribution in [3.05, 3.63) is 0 Å². The van der Waals surface area contributed by atoms with E-state index in [1.54, 1.807) is 9.80 Å². The predicted molar refractivity (Wildman–Crippen MR) is 104 cm³/mol. The number of carbonyl (C=O) groups is 3. The van der Waals surface area contributed by atoms with Crippen molar-refractivity contribution >= 4 is 18.0 Å². The molecule has 154 valence electrons. The Morgan fingerprint density at radius 2 is 1.63 bits per heavy atom. The molecule has 2 aliphatic heterocycles. The van der Waals surface area contributed by atoms with Crippen LogP contribution >= 0.6 is 0 Å². The second-order valence-corrected chi connectivity index (χ2v) is 8.61. The van der Waals surface area contributed by atoms with Gasteiger partial charge in [-0.1, -0.05) is 13.8 Å². The molecule has 8 nitrogen and oxygen atoms in total. The average Bonchev–Trinajstić information content (AvgIpc) is 2.77. The Hall–Kier alpha value is -1.99. The van der Waals surface area contributed by atoms with Crippen LogP contribution in [0.15, 0.2) is 0 Å². The summed E-state index contributed by atoms with van der Waals surface area (Å²) in [6.45, 7) is 13.7. The zero-order valence-corrected chi connectivity index (χ0v) is 17.4. The van der Waals surface area contributed by atoms with E-state index >= 15 is 0 Å². The quantitative estimate of drug-likeness (QED) is 0.770. The molecule has 0 unspecified atom stereocenters. The van der Waals surface area contributed by atoms with Gasteiger partial charge >= 0.3 is 12.1 Å². The number of nitrogens with one attached hydrogen (secondary N) is 2. The number of nitrogens with zero attached hydrogens (tertiary/aromatic N) is 3. The third-order valence-electron chi connectivity index (χ3n) is 5.13. The molecule has 0 bridgehead atoms. The molecule has 0 radical (unpaired) electrons. The summed E-state index contributed by atoms with van der Waals surface area (Å²) in [5, 5.41) is 5.90. The molecule has 2 heterocycles. The standard InChI is InChI=1S/C19H35N5O3/c1-6-22-11-19(9-16(22)25)12-23(17(26)20-10-14(2)3)7-8-24(13-19)18(27)21-15(4)5/h14-15H,6-13H2,1-5H3,(H,20,26)(H,21,27)/t19-/m0/s1. The van der Waals surface area contributed by atoms with Crippen molar-refractivity contribution in [3.8, 4) is 0 Å². The molecule has 2 fully saturated rings. The van der Waals surface area contributed by atoms with Crippen molar-refractivity contribution in [2.24, 2.45) is 11.3 Å². The molecule has 8 heteroatoms. The van der Waals surface area contributed by atoms with Crippen LogP contribution in [-0.2, 0) is 4.79 Å². The Morgan fingerprint density at radius 1 is 1.04 bits per heavy atom. The normalized spacial score (nSPS) is 23.4. The first-order chi connectivity index (χ1) is 12.7. The molecular formula is C19H35N5O3. The lowest BCUT2D eigenvalue weighted by molar-refractivity contribution is -0.127. The van der Waals surface area contributed by atoms with Gasteiger partial charge in [0.2, 0.25) is 5.91 Å². The third kappa shape index (κ3) is 5.49. The number of amides is 5. The van der Waals surface area contributed by atoms with Gasteiger partial charge in [0.1, 0.15) is 0 Å². The fourth-order valence-corrected chi connectivity index (χ4v) is 3.83. The molecule has 2 saturated heterocycles. The summed E-state index contributed by atoms with van der Waals surface area (Å²) in [7, 11) is 0. The van der Waals surface area contributed by atoms with E-state index in [-0.39, 0.29) is 24.0 Å². The Morgan fingerprint density at radius 3 is 2.11 bits per heavy atom. The molecule has 27 heavy (non-hydrogen) atoms. The van der Waals surface area contributed by atoms with Crippen molar-refractivity contribution < 1.29 is 14.4 Å². The minimum atomic E-state index is -0.410. The van der Waals surface area contributed by atoms with Gasteiger partial charge in [0.15, 0.2) is 0 Å². The molecule has 0 aromatic rings. The van der Waals surface area contributed by atoms with Crippen molar-refractivity contribution in [1.29, 1.82) is 0 Å². The first kappa shape index (κ1) is 21.3. The predicted octanol–water partition coefficient (Wildman–Crippen LogP) is 1.33. The molecular weight excluding hydrogens is 346 g/mol. The topological polar surface area (TPSA) is 85.0 Å². The Balaban J connectivity index is 2.19. The van der Waals surface area contributed by atoms with Gasteiger partial charge < -0.3 is 25.3 Å². The second-order valence-electron chi connectivity index (χ2n) is 8.61. The number of rotatable bonds is 4. The molecule has 0 aliphatic carbocycles. The smallest absolute Gasteiger partial charge is 0.317 e. The Bertz CT molecular complexity index is 566. The van der Waals surface area contributed by atoms with Gasteiger partial charge in [0.05, 0.1) is 0 Å². The molecule has 2 N–H and O–H groups in total. The number of hydrogen-bond donors (Lipinski definition) is 2. The zero-order chi connectivity index (χ0) is 20.2. The van der Waals surface area contributed by atoms with Crippen LogP contribution in [0.3, 0.4) is 0 Å². The van der Waals surface area contributed by atoms with Gasteiger partial charge in [-0.3, -0.25) is 4.79 Å². The van der Waals surface area contributed by atoms with E-state index in [1.807, 2.05) is 25.7 Å². The number of urea groups is 2. The molecule has 1 spiro atoms. The SMILES string of the molecule is CCN1C[C@@]2(CC1=O)CN(C(=O)NCC(C)C)CCN(C(=O)NC(C)C)C2. The maximum absolute atomic E-state index is 12.7. The Labute approximate surface area is 162 Å². The van der Waals surface area contributed by atoms with Crippen molar-refractivity contribution in [2.45, 2.75) is 47.1 Å². The van der Waals surface area contributed by atoms with E-state index in [2.05, 4.69) is 24.5 Å². The van der Waals surface area contributed by atoms with Gasteiger partial charge in [-0.15, -0.1) is 0 Å². The van der Waals surface area contributed by atoms with Gasteiger partial charge in [0.25, 0.3) is 0 Å². The largest absolute Gasteiger partial charge is 0.342 e. The highest BCUT2D eigenvalue weighted by atomic mass is 16.2. The molecule has 5 amide bonds. The lowest BCUT2D eigenvalue weighted by atomic mass is 9.86. The zero-order valence-electron chi connectivity index (χ0n) is 17.4. The number of carbonyl (C=O) groups excluding carboxylic acids is 3. The number of likely N-dealkylation sites (tertiary alicyclic amines) is 1. The fourth-order valence-electron chi connectivity index (χ4n) is 3.83. The maximum atomic E-state index is 12.7. The highest BCUT2D eigenvalue weighted by Crippen LogP contribution is 2.35. The summed E-state index contributed by atoms with van der Waals surface area (Å²) in [6.07, 6.45) is 0.375. The highest BCUT2D eigenvalue weighted by Gasteiger charge is 2.47. The van der Waals surface area contributed by atoms with Crippen LogP contribution in [0.1, 0.15) is 41.0 Å². The summed E-state index contributed by atoms with van der Waals surface area (Å²) >= 11 is 0. The number of hydrogen-bond acceptors (Lipinski definition) is 3. The minimum Gasteiger partial charge on any atom is -0.342 e. The summed E-state index contributed by atoms with van der Waals surface area (Å²) in [5.41, 5.74) is -0.410.